The van der Waals surface area contributed by atoms with Gasteiger partial charge in [-0.1, -0.05) is 17.7 Å². The highest BCUT2D eigenvalue weighted by Gasteiger charge is 2.35. The first kappa shape index (κ1) is 25.6. The van der Waals surface area contributed by atoms with E-state index in [1.165, 1.54) is 31.4 Å². The molecule has 1 fully saturated rings. The number of furan rings is 1. The Morgan fingerprint density at radius 3 is 2.74 bits per heavy atom. The van der Waals surface area contributed by atoms with Gasteiger partial charge >= 0.3 is 17.7 Å². The minimum absolute atomic E-state index is 0.0172. The second-order valence-electron chi connectivity index (χ2n) is 8.21. The minimum atomic E-state index is -0.762. The van der Waals surface area contributed by atoms with Gasteiger partial charge in [0, 0.05) is 16.7 Å². The number of rotatable bonds is 8. The number of methoxy groups -OCH3 is 1. The molecule has 13 nitrogen and oxygen atoms in total. The fourth-order valence-corrected chi connectivity index (χ4v) is 4.11. The average Bonchev–Trinajstić information content (AvgIpc) is 3.64. The number of fused-ring (bicyclic) bond motifs is 1. The Bertz CT molecular complexity index is 1550. The van der Waals surface area contributed by atoms with Crippen molar-refractivity contribution in [2.24, 2.45) is 0 Å². The summed E-state index contributed by atoms with van der Waals surface area (Å²) in [5.74, 6) is -0.465. The van der Waals surface area contributed by atoms with E-state index >= 15 is 0 Å². The van der Waals surface area contributed by atoms with Crippen LogP contribution in [0.15, 0.2) is 52.6 Å². The maximum atomic E-state index is 13.0. The number of halogens is 1. The average molecular weight is 556 g/mol. The highest BCUT2D eigenvalue weighted by atomic mass is 35.5. The number of nitro benzene ring substituents is 1. The molecule has 0 bridgehead atoms. The molecule has 0 atom stereocenters. The van der Waals surface area contributed by atoms with Crippen LogP contribution in [0.4, 0.5) is 10.5 Å². The van der Waals surface area contributed by atoms with E-state index in [1.807, 2.05) is 0 Å². The summed E-state index contributed by atoms with van der Waals surface area (Å²) in [5.41, 5.74) is 0.119. The van der Waals surface area contributed by atoms with Crippen LogP contribution in [0.25, 0.3) is 6.08 Å². The summed E-state index contributed by atoms with van der Waals surface area (Å²) in [7, 11) is 1.19. The molecule has 5 rings (SSSR count). The van der Waals surface area contributed by atoms with Crippen molar-refractivity contribution in [1.82, 2.24) is 10.2 Å². The number of benzene rings is 2. The van der Waals surface area contributed by atoms with Gasteiger partial charge in [0.1, 0.15) is 18.1 Å². The molecule has 3 aromatic rings. The fraction of sp³-hybridized carbons (Fsp3) is 0.160. The number of nitro groups is 1. The van der Waals surface area contributed by atoms with Crippen LogP contribution in [0, 0.1) is 10.1 Å². The van der Waals surface area contributed by atoms with E-state index in [2.05, 4.69) is 10.1 Å². The van der Waals surface area contributed by atoms with Gasteiger partial charge in [0.05, 0.1) is 18.6 Å². The molecule has 0 unspecified atom stereocenters. The highest BCUT2D eigenvalue weighted by molar-refractivity contribution is 6.31. The van der Waals surface area contributed by atoms with Gasteiger partial charge in [-0.05, 0) is 42.0 Å². The van der Waals surface area contributed by atoms with E-state index in [4.69, 9.17) is 30.2 Å². The molecule has 3 amide bonds. The molecule has 2 aromatic carbocycles. The molecular formula is C25H18ClN3O10. The molecular weight excluding hydrogens is 538 g/mol. The normalized spacial score (nSPS) is 15.0. The molecule has 0 saturated carbocycles. The molecule has 0 aliphatic carbocycles. The largest absolute Gasteiger partial charge is 0.482 e. The van der Waals surface area contributed by atoms with Crippen LogP contribution in [0.2, 0.25) is 5.02 Å². The van der Waals surface area contributed by atoms with Gasteiger partial charge in [0.15, 0.2) is 11.5 Å². The smallest absolute Gasteiger partial charge is 0.373 e. The Balaban J connectivity index is 1.41. The molecule has 39 heavy (non-hydrogen) atoms. The van der Waals surface area contributed by atoms with Gasteiger partial charge in [0.25, 0.3) is 5.91 Å². The quantitative estimate of drug-likeness (QED) is 0.141. The molecule has 0 spiro atoms. The van der Waals surface area contributed by atoms with Crippen LogP contribution in [-0.2, 0) is 22.7 Å². The fourth-order valence-electron chi connectivity index (χ4n) is 3.89. The Hall–Kier alpha value is -5.04. The molecule has 2 aliphatic rings. The van der Waals surface area contributed by atoms with Crippen molar-refractivity contribution in [3.05, 3.63) is 85.9 Å². The Morgan fingerprint density at radius 1 is 1.18 bits per heavy atom. The highest BCUT2D eigenvalue weighted by Crippen LogP contribution is 2.38. The molecule has 1 aromatic heterocycles. The number of urea groups is 1. The van der Waals surface area contributed by atoms with Gasteiger partial charge in [-0.15, -0.1) is 0 Å². The molecule has 1 saturated heterocycles. The van der Waals surface area contributed by atoms with Crippen molar-refractivity contribution in [2.45, 2.75) is 13.2 Å². The summed E-state index contributed by atoms with van der Waals surface area (Å²) < 4.78 is 26.4. The zero-order chi connectivity index (χ0) is 27.7. The number of hydrogen-bond donors (Lipinski definition) is 1. The monoisotopic (exact) mass is 555 g/mol. The predicted octanol–water partition coefficient (Wildman–Crippen LogP) is 4.03. The van der Waals surface area contributed by atoms with E-state index in [-0.39, 0.29) is 53.5 Å². The first-order valence-corrected chi connectivity index (χ1v) is 11.6. The third kappa shape index (κ3) is 5.20. The third-order valence-corrected chi connectivity index (χ3v) is 5.92. The predicted molar refractivity (Wildman–Crippen MR) is 132 cm³/mol. The van der Waals surface area contributed by atoms with Crippen molar-refractivity contribution in [3.8, 4) is 17.2 Å². The molecule has 2 aliphatic heterocycles. The SMILES string of the molecule is COC(=O)c1ccc(CN2C(=O)N/C(=C\c3cc(Cl)cc([N+](=O)[O-])c3OCc3ccc4c(c3)OCO4)C2=O)o1. The van der Waals surface area contributed by atoms with Crippen LogP contribution in [0.1, 0.15) is 27.4 Å². The van der Waals surface area contributed by atoms with Gasteiger partial charge in [-0.2, -0.15) is 0 Å². The number of carbonyl (C=O) groups excluding carboxylic acids is 3. The van der Waals surface area contributed by atoms with Crippen LogP contribution < -0.4 is 19.5 Å². The number of amides is 3. The lowest BCUT2D eigenvalue weighted by Crippen LogP contribution is -2.30. The minimum Gasteiger partial charge on any atom is -0.482 e. The second kappa shape index (κ2) is 10.4. The molecule has 0 radical (unpaired) electrons. The standard InChI is InChI=1S/C25H18ClN3O10/c1-35-24(31)20-5-3-16(39-20)10-28-23(30)17(27-25(28)32)8-14-7-15(26)9-18(29(33)34)22(14)36-11-13-2-4-19-21(6-13)38-12-37-19/h2-9H,10-12H2,1H3,(H,27,32)/b17-8-. The molecule has 200 valence electrons. The molecule has 14 heteroatoms. The first-order valence-electron chi connectivity index (χ1n) is 11.2. The van der Waals surface area contributed by atoms with Gasteiger partial charge in [-0.25, -0.2) is 9.59 Å². The van der Waals surface area contributed by atoms with E-state index in [9.17, 15) is 24.5 Å². The number of nitrogens with zero attached hydrogens (tertiary/aromatic N) is 2. The summed E-state index contributed by atoms with van der Waals surface area (Å²) >= 11 is 6.12. The summed E-state index contributed by atoms with van der Waals surface area (Å²) in [5, 5.41) is 14.2. The van der Waals surface area contributed by atoms with Crippen LogP contribution in [0.5, 0.6) is 17.2 Å². The lowest BCUT2D eigenvalue weighted by Gasteiger charge is -2.12. The Labute approximate surface area is 224 Å². The first-order chi connectivity index (χ1) is 18.7. The van der Waals surface area contributed by atoms with Crippen LogP contribution in [-0.4, -0.2) is 41.6 Å². The molecule has 3 heterocycles. The third-order valence-electron chi connectivity index (χ3n) is 5.70. The number of nitrogens with one attached hydrogen (secondary N) is 1. The maximum Gasteiger partial charge on any atom is 0.373 e. The topological polar surface area (TPSA) is 160 Å². The summed E-state index contributed by atoms with van der Waals surface area (Å²) in [4.78, 5) is 49.2. The number of ether oxygens (including phenoxy) is 4. The number of hydrogen-bond acceptors (Lipinski definition) is 10. The lowest BCUT2D eigenvalue weighted by atomic mass is 10.1. The van der Waals surface area contributed by atoms with Gasteiger partial charge < -0.3 is 28.7 Å². The van der Waals surface area contributed by atoms with Crippen LogP contribution >= 0.6 is 11.6 Å². The van der Waals surface area contributed by atoms with E-state index in [0.29, 0.717) is 17.1 Å². The van der Waals surface area contributed by atoms with Crippen molar-refractivity contribution in [3.63, 3.8) is 0 Å². The molecule has 1 N–H and O–H groups in total. The number of imide groups is 1. The van der Waals surface area contributed by atoms with Crippen molar-refractivity contribution >= 4 is 41.3 Å². The van der Waals surface area contributed by atoms with E-state index in [0.717, 1.165) is 11.0 Å². The van der Waals surface area contributed by atoms with Crippen molar-refractivity contribution < 1.29 is 42.7 Å². The van der Waals surface area contributed by atoms with Crippen LogP contribution in [0.3, 0.4) is 0 Å². The Kier molecular flexibility index (Phi) is 6.81. The van der Waals surface area contributed by atoms with Crippen molar-refractivity contribution in [2.75, 3.05) is 13.9 Å². The number of carbonyl (C=O) groups is 3. The second-order valence-corrected chi connectivity index (χ2v) is 8.65. The lowest BCUT2D eigenvalue weighted by molar-refractivity contribution is -0.385. The summed E-state index contributed by atoms with van der Waals surface area (Å²) in [6, 6.07) is 9.59. The van der Waals surface area contributed by atoms with Gasteiger partial charge in [0.2, 0.25) is 18.3 Å². The zero-order valence-electron chi connectivity index (χ0n) is 20.1. The van der Waals surface area contributed by atoms with E-state index < -0.39 is 28.5 Å². The zero-order valence-corrected chi connectivity index (χ0v) is 20.9. The van der Waals surface area contributed by atoms with Crippen molar-refractivity contribution in [1.29, 1.82) is 0 Å². The summed E-state index contributed by atoms with van der Waals surface area (Å²) in [6.45, 7) is -0.270. The van der Waals surface area contributed by atoms with E-state index in [1.54, 1.807) is 18.2 Å². The maximum absolute atomic E-state index is 13.0. The number of esters is 1. The Morgan fingerprint density at radius 2 is 1.97 bits per heavy atom. The van der Waals surface area contributed by atoms with Gasteiger partial charge in [-0.3, -0.25) is 19.8 Å². The summed E-state index contributed by atoms with van der Waals surface area (Å²) in [6.07, 6.45) is 1.23.